The molecule has 0 saturated heterocycles. The van der Waals surface area contributed by atoms with E-state index in [2.05, 4.69) is 5.32 Å². The highest BCUT2D eigenvalue weighted by Crippen LogP contribution is 2.33. The summed E-state index contributed by atoms with van der Waals surface area (Å²) in [5.74, 6) is -0.150. The molecule has 132 valence electrons. The second kappa shape index (κ2) is 7.26. The van der Waals surface area contributed by atoms with Gasteiger partial charge in [0.25, 0.3) is 5.91 Å². The number of nitrogens with zero attached hydrogens (tertiary/aromatic N) is 1. The van der Waals surface area contributed by atoms with Gasteiger partial charge in [-0.05, 0) is 55.0 Å². The first kappa shape index (κ1) is 17.3. The van der Waals surface area contributed by atoms with E-state index in [4.69, 9.17) is 28.2 Å². The van der Waals surface area contributed by atoms with Crippen LogP contribution in [0.5, 0.6) is 0 Å². The molecule has 2 aromatic carbocycles. The van der Waals surface area contributed by atoms with Gasteiger partial charge in [0.15, 0.2) is 0 Å². The lowest BCUT2D eigenvalue weighted by Gasteiger charge is -2.18. The van der Waals surface area contributed by atoms with E-state index in [1.165, 1.54) is 5.56 Å². The van der Waals surface area contributed by atoms with Crippen LogP contribution in [-0.2, 0) is 19.4 Å². The fourth-order valence-corrected chi connectivity index (χ4v) is 3.99. The average molecular weight is 385 g/mol. The van der Waals surface area contributed by atoms with Crippen LogP contribution in [0.15, 0.2) is 42.5 Å². The van der Waals surface area contributed by atoms with Gasteiger partial charge in [-0.3, -0.25) is 9.78 Å². The van der Waals surface area contributed by atoms with E-state index in [1.807, 2.05) is 36.4 Å². The molecule has 1 heterocycles. The maximum atomic E-state index is 12.5. The summed E-state index contributed by atoms with van der Waals surface area (Å²) in [5, 5.41) is 5.26. The molecule has 1 aliphatic rings. The van der Waals surface area contributed by atoms with E-state index in [0.29, 0.717) is 17.1 Å². The molecule has 4 rings (SSSR count). The van der Waals surface area contributed by atoms with Gasteiger partial charge in [0.1, 0.15) is 0 Å². The lowest BCUT2D eigenvalue weighted by atomic mass is 9.94. The molecular formula is C21H18Cl2N2O. The number of hydrogen-bond donors (Lipinski definition) is 1. The molecule has 0 bridgehead atoms. The van der Waals surface area contributed by atoms with Crippen LogP contribution in [0.25, 0.3) is 10.9 Å². The third-order valence-electron chi connectivity index (χ3n) is 4.85. The van der Waals surface area contributed by atoms with Gasteiger partial charge in [-0.25, -0.2) is 0 Å². The van der Waals surface area contributed by atoms with Gasteiger partial charge >= 0.3 is 0 Å². The van der Waals surface area contributed by atoms with Crippen molar-refractivity contribution in [3.63, 3.8) is 0 Å². The first-order chi connectivity index (χ1) is 12.6. The van der Waals surface area contributed by atoms with E-state index in [-0.39, 0.29) is 5.91 Å². The number of fused-ring (bicyclic) bond motifs is 2. The number of aryl methyl sites for hydroxylation is 1. The van der Waals surface area contributed by atoms with Crippen LogP contribution in [-0.4, -0.2) is 10.9 Å². The Morgan fingerprint density at radius 2 is 1.88 bits per heavy atom. The number of aromatic nitrogens is 1. The Morgan fingerprint density at radius 3 is 2.73 bits per heavy atom. The van der Waals surface area contributed by atoms with Gasteiger partial charge in [-0.2, -0.15) is 0 Å². The fourth-order valence-electron chi connectivity index (χ4n) is 3.43. The van der Waals surface area contributed by atoms with Crippen LogP contribution in [0.4, 0.5) is 0 Å². The lowest BCUT2D eigenvalue weighted by molar-refractivity contribution is 0.0951. The summed E-state index contributed by atoms with van der Waals surface area (Å²) in [5.41, 5.74) is 4.48. The molecule has 0 radical (unpaired) electrons. The van der Waals surface area contributed by atoms with Crippen molar-refractivity contribution in [1.82, 2.24) is 10.3 Å². The molecule has 0 atom stereocenters. The van der Waals surface area contributed by atoms with Crippen molar-refractivity contribution >= 4 is 40.0 Å². The molecule has 5 heteroatoms. The number of carbonyl (C=O) groups excluding carboxylic acids is 1. The van der Waals surface area contributed by atoms with E-state index in [0.717, 1.165) is 52.9 Å². The second-order valence-corrected chi connectivity index (χ2v) is 7.35. The molecule has 26 heavy (non-hydrogen) atoms. The summed E-state index contributed by atoms with van der Waals surface area (Å²) in [7, 11) is 0. The van der Waals surface area contributed by atoms with Gasteiger partial charge in [-0.15, -0.1) is 0 Å². The molecule has 0 aliphatic heterocycles. The quantitative estimate of drug-likeness (QED) is 0.660. The van der Waals surface area contributed by atoms with Crippen molar-refractivity contribution in [2.45, 2.75) is 32.2 Å². The Bertz CT molecular complexity index is 1000. The summed E-state index contributed by atoms with van der Waals surface area (Å²) in [6.07, 6.45) is 4.23. The number of carbonyl (C=O) groups is 1. The monoisotopic (exact) mass is 384 g/mol. The third-order valence-corrected chi connectivity index (χ3v) is 5.65. The first-order valence-electron chi connectivity index (χ1n) is 8.76. The van der Waals surface area contributed by atoms with Crippen molar-refractivity contribution in [2.24, 2.45) is 0 Å². The topological polar surface area (TPSA) is 42.0 Å². The molecule has 0 spiro atoms. The molecule has 0 fully saturated rings. The van der Waals surface area contributed by atoms with Crippen molar-refractivity contribution in [2.75, 3.05) is 0 Å². The maximum absolute atomic E-state index is 12.5. The number of pyridine rings is 1. The van der Waals surface area contributed by atoms with Crippen molar-refractivity contribution in [3.05, 3.63) is 74.9 Å². The summed E-state index contributed by atoms with van der Waals surface area (Å²) in [6, 6.07) is 13.0. The maximum Gasteiger partial charge on any atom is 0.251 e. The second-order valence-electron chi connectivity index (χ2n) is 6.56. The van der Waals surface area contributed by atoms with E-state index in [1.54, 1.807) is 6.07 Å². The molecule has 0 unspecified atom stereocenters. The normalized spacial score (nSPS) is 13.5. The number of amides is 1. The van der Waals surface area contributed by atoms with Crippen molar-refractivity contribution in [1.29, 1.82) is 0 Å². The highest BCUT2D eigenvalue weighted by Gasteiger charge is 2.18. The van der Waals surface area contributed by atoms with Crippen LogP contribution in [0.2, 0.25) is 10.0 Å². The Hall–Kier alpha value is -2.10. The van der Waals surface area contributed by atoms with Crippen LogP contribution < -0.4 is 5.32 Å². The Labute approximate surface area is 162 Å². The number of hydrogen-bond acceptors (Lipinski definition) is 2. The lowest BCUT2D eigenvalue weighted by Crippen LogP contribution is -2.23. The standard InChI is InChI=1S/C21H18Cl2N2O/c22-17-7-3-1-5-14(17)12-24-21(26)13-9-10-16-19(11-13)25-18-8-4-2-6-15(18)20(16)23/h1,3,5,7,9-11H,2,4,6,8,12H2,(H,24,26). The highest BCUT2D eigenvalue weighted by atomic mass is 35.5. The van der Waals surface area contributed by atoms with Gasteiger partial charge in [0, 0.05) is 28.2 Å². The molecule has 3 nitrogen and oxygen atoms in total. The number of halogens is 2. The minimum atomic E-state index is -0.150. The Kier molecular flexibility index (Phi) is 4.84. The molecule has 3 aromatic rings. The van der Waals surface area contributed by atoms with E-state index in [9.17, 15) is 4.79 Å². The fraction of sp³-hybridized carbons (Fsp3) is 0.238. The van der Waals surface area contributed by atoms with Gasteiger partial charge < -0.3 is 5.32 Å². The van der Waals surface area contributed by atoms with Crippen LogP contribution in [0.1, 0.15) is 40.0 Å². The van der Waals surface area contributed by atoms with E-state index >= 15 is 0 Å². The van der Waals surface area contributed by atoms with Gasteiger partial charge in [-0.1, -0.05) is 47.5 Å². The smallest absolute Gasteiger partial charge is 0.251 e. The number of rotatable bonds is 3. The van der Waals surface area contributed by atoms with Crippen LogP contribution >= 0.6 is 23.2 Å². The zero-order valence-electron chi connectivity index (χ0n) is 14.2. The third kappa shape index (κ3) is 3.29. The van der Waals surface area contributed by atoms with Crippen molar-refractivity contribution < 1.29 is 4.79 Å². The molecular weight excluding hydrogens is 367 g/mol. The average Bonchev–Trinajstić information content (AvgIpc) is 2.67. The summed E-state index contributed by atoms with van der Waals surface area (Å²) >= 11 is 12.7. The van der Waals surface area contributed by atoms with Crippen LogP contribution in [0.3, 0.4) is 0 Å². The zero-order valence-corrected chi connectivity index (χ0v) is 15.7. The zero-order chi connectivity index (χ0) is 18.1. The highest BCUT2D eigenvalue weighted by molar-refractivity contribution is 6.36. The minimum absolute atomic E-state index is 0.150. The number of benzene rings is 2. The summed E-state index contributed by atoms with van der Waals surface area (Å²) < 4.78 is 0. The van der Waals surface area contributed by atoms with Crippen molar-refractivity contribution in [3.8, 4) is 0 Å². The predicted octanol–water partition coefficient (Wildman–Crippen LogP) is 5.35. The summed E-state index contributed by atoms with van der Waals surface area (Å²) in [4.78, 5) is 17.3. The molecule has 1 amide bonds. The first-order valence-corrected chi connectivity index (χ1v) is 9.51. The predicted molar refractivity (Wildman–Crippen MR) is 106 cm³/mol. The summed E-state index contributed by atoms with van der Waals surface area (Å²) in [6.45, 7) is 0.384. The minimum Gasteiger partial charge on any atom is -0.348 e. The van der Waals surface area contributed by atoms with Gasteiger partial charge in [0.2, 0.25) is 0 Å². The molecule has 0 saturated carbocycles. The van der Waals surface area contributed by atoms with E-state index < -0.39 is 0 Å². The molecule has 1 aliphatic carbocycles. The molecule has 1 aromatic heterocycles. The van der Waals surface area contributed by atoms with Gasteiger partial charge in [0.05, 0.1) is 10.5 Å². The SMILES string of the molecule is O=C(NCc1ccccc1Cl)c1ccc2c(Cl)c3c(nc2c1)CCCC3. The number of nitrogens with one attached hydrogen (secondary N) is 1. The largest absolute Gasteiger partial charge is 0.348 e. The Balaban J connectivity index is 1.60. The van der Waals surface area contributed by atoms with Crippen LogP contribution in [0, 0.1) is 0 Å². The Morgan fingerprint density at radius 1 is 1.08 bits per heavy atom. The molecule has 1 N–H and O–H groups in total.